The van der Waals surface area contributed by atoms with Crippen LogP contribution in [0.25, 0.3) is 0 Å². The Labute approximate surface area is 114 Å². The summed E-state index contributed by atoms with van der Waals surface area (Å²) in [5, 5.41) is 21.4. The molecule has 2 aliphatic carbocycles. The fraction of sp³-hybridized carbons (Fsp3) is 0.933. The highest BCUT2D eigenvalue weighted by molar-refractivity contribution is 5.79. The van der Waals surface area contributed by atoms with Gasteiger partial charge in [0.25, 0.3) is 0 Å². The largest absolute Gasteiger partial charge is 0.387 e. The third-order valence-electron chi connectivity index (χ3n) is 6.03. The Hall–Kier alpha value is -0.450. The molecule has 0 amide bonds. The van der Waals surface area contributed by atoms with E-state index in [2.05, 4.69) is 6.92 Å². The highest BCUT2D eigenvalue weighted by Gasteiger charge is 2.66. The third-order valence-corrected chi connectivity index (χ3v) is 6.03. The smallest absolute Gasteiger partial charge is 0.158 e. The Bertz CT molecular complexity index is 396. The predicted molar refractivity (Wildman–Crippen MR) is 69.2 cm³/mol. The van der Waals surface area contributed by atoms with Crippen molar-refractivity contribution in [2.24, 2.45) is 29.6 Å². The average molecular weight is 268 g/mol. The van der Waals surface area contributed by atoms with Gasteiger partial charge in [0.1, 0.15) is 5.78 Å². The van der Waals surface area contributed by atoms with Crippen LogP contribution in [-0.4, -0.2) is 34.0 Å². The van der Waals surface area contributed by atoms with Crippen LogP contribution in [-0.2, 0) is 9.53 Å². The van der Waals surface area contributed by atoms with E-state index < -0.39 is 18.0 Å². The highest BCUT2D eigenvalue weighted by atomic mass is 16.6. The second kappa shape index (κ2) is 4.27. The number of hydrogen-bond acceptors (Lipinski definition) is 4. The molecule has 2 N–H and O–H groups in total. The molecular formula is C15H24O4. The lowest BCUT2D eigenvalue weighted by Gasteiger charge is -2.54. The lowest BCUT2D eigenvalue weighted by Crippen LogP contribution is -2.63. The molecule has 108 valence electrons. The van der Waals surface area contributed by atoms with Gasteiger partial charge in [-0.25, -0.2) is 0 Å². The summed E-state index contributed by atoms with van der Waals surface area (Å²) < 4.78 is 5.67. The average Bonchev–Trinajstić information content (AvgIpc) is 2.63. The van der Waals surface area contributed by atoms with Crippen molar-refractivity contribution in [3.8, 4) is 0 Å². The lowest BCUT2D eigenvalue weighted by molar-refractivity contribution is -0.299. The van der Waals surface area contributed by atoms with Crippen molar-refractivity contribution >= 4 is 5.78 Å². The van der Waals surface area contributed by atoms with Gasteiger partial charge in [0, 0.05) is 11.8 Å². The number of Topliss-reactive ketones (excluding diaryl/α,β-unsaturated/α-hetero) is 1. The van der Waals surface area contributed by atoms with Crippen LogP contribution in [0.2, 0.25) is 0 Å². The Morgan fingerprint density at radius 3 is 2.58 bits per heavy atom. The molecule has 3 aliphatic rings. The zero-order chi connectivity index (χ0) is 13.9. The number of ether oxygens (including phenoxy) is 1. The van der Waals surface area contributed by atoms with Gasteiger partial charge in [0.2, 0.25) is 0 Å². The fourth-order valence-corrected chi connectivity index (χ4v) is 4.91. The standard InChI is InChI=1S/C15H24O4/c1-7-4-5-11-8(2)14(17)19-13-10(9(3)16)6-12(7)15(11,13)18/h7-8,10-14,17-18H,4-6H2,1-3H3/t7-,8-,10+,11+,12+,13+,14-,15+/m1/s1. The normalized spacial score (nSPS) is 56.8. The van der Waals surface area contributed by atoms with Crippen LogP contribution in [0.1, 0.15) is 40.0 Å². The second-order valence-corrected chi connectivity index (χ2v) is 6.91. The first-order valence-corrected chi connectivity index (χ1v) is 7.43. The molecule has 1 aliphatic heterocycles. The molecule has 0 bridgehead atoms. The Morgan fingerprint density at radius 2 is 1.95 bits per heavy atom. The molecule has 1 heterocycles. The minimum absolute atomic E-state index is 0.0480. The molecule has 0 aromatic carbocycles. The summed E-state index contributed by atoms with van der Waals surface area (Å²) in [6, 6.07) is 0. The van der Waals surface area contributed by atoms with Gasteiger partial charge in [-0.15, -0.1) is 0 Å². The van der Waals surface area contributed by atoms with Crippen LogP contribution in [0, 0.1) is 29.6 Å². The van der Waals surface area contributed by atoms with Gasteiger partial charge in [-0.05, 0) is 43.9 Å². The van der Waals surface area contributed by atoms with Crippen LogP contribution in [0.4, 0.5) is 0 Å². The molecule has 0 radical (unpaired) electrons. The summed E-state index contributed by atoms with van der Waals surface area (Å²) in [6.45, 7) is 5.67. The van der Waals surface area contributed by atoms with Gasteiger partial charge in [-0.2, -0.15) is 0 Å². The van der Waals surface area contributed by atoms with E-state index in [1.807, 2.05) is 6.92 Å². The topological polar surface area (TPSA) is 66.8 Å². The molecule has 19 heavy (non-hydrogen) atoms. The van der Waals surface area contributed by atoms with E-state index in [9.17, 15) is 15.0 Å². The molecule has 0 unspecified atom stereocenters. The molecule has 0 aromatic rings. The molecule has 8 atom stereocenters. The van der Waals surface area contributed by atoms with Crippen LogP contribution >= 0.6 is 0 Å². The van der Waals surface area contributed by atoms with E-state index in [1.165, 1.54) is 0 Å². The number of aliphatic hydroxyl groups is 2. The number of ketones is 1. The number of carbonyl (C=O) groups excluding carboxylic acids is 1. The third kappa shape index (κ3) is 1.66. The summed E-state index contributed by atoms with van der Waals surface area (Å²) >= 11 is 0. The molecule has 2 saturated carbocycles. The first-order valence-electron chi connectivity index (χ1n) is 7.43. The minimum atomic E-state index is -0.924. The van der Waals surface area contributed by atoms with Crippen molar-refractivity contribution in [1.29, 1.82) is 0 Å². The molecule has 0 spiro atoms. The second-order valence-electron chi connectivity index (χ2n) is 6.91. The van der Waals surface area contributed by atoms with Crippen LogP contribution < -0.4 is 0 Å². The highest BCUT2D eigenvalue weighted by Crippen LogP contribution is 2.59. The number of aliphatic hydroxyl groups excluding tert-OH is 1. The maximum absolute atomic E-state index is 11.9. The van der Waals surface area contributed by atoms with E-state index >= 15 is 0 Å². The maximum Gasteiger partial charge on any atom is 0.158 e. The zero-order valence-electron chi connectivity index (χ0n) is 11.9. The first-order chi connectivity index (χ1) is 8.87. The monoisotopic (exact) mass is 268 g/mol. The van der Waals surface area contributed by atoms with Crippen LogP contribution in [0.3, 0.4) is 0 Å². The van der Waals surface area contributed by atoms with Gasteiger partial charge in [0.15, 0.2) is 6.29 Å². The lowest BCUT2D eigenvalue weighted by atomic mass is 9.60. The van der Waals surface area contributed by atoms with E-state index in [1.54, 1.807) is 6.92 Å². The molecule has 4 heteroatoms. The minimum Gasteiger partial charge on any atom is -0.387 e. The summed E-state index contributed by atoms with van der Waals surface area (Å²) in [6.07, 6.45) is 1.30. The molecule has 3 rings (SSSR count). The van der Waals surface area contributed by atoms with Crippen molar-refractivity contribution in [3.63, 3.8) is 0 Å². The van der Waals surface area contributed by atoms with Crippen LogP contribution in [0.5, 0.6) is 0 Å². The number of carbonyl (C=O) groups is 1. The first kappa shape index (κ1) is 13.5. The summed E-state index contributed by atoms with van der Waals surface area (Å²) in [5.41, 5.74) is -0.924. The molecule has 0 aromatic heterocycles. The maximum atomic E-state index is 11.9. The summed E-state index contributed by atoms with van der Waals surface area (Å²) in [4.78, 5) is 11.9. The summed E-state index contributed by atoms with van der Waals surface area (Å²) in [7, 11) is 0. The Kier molecular flexibility index (Phi) is 3.04. The van der Waals surface area contributed by atoms with Gasteiger partial charge in [-0.1, -0.05) is 13.8 Å². The van der Waals surface area contributed by atoms with Crippen molar-refractivity contribution in [3.05, 3.63) is 0 Å². The van der Waals surface area contributed by atoms with E-state index in [4.69, 9.17) is 4.74 Å². The van der Waals surface area contributed by atoms with Crippen molar-refractivity contribution in [2.45, 2.75) is 58.0 Å². The summed E-state index contributed by atoms with van der Waals surface area (Å²) in [5.74, 6) is 0.328. The molecular weight excluding hydrogens is 244 g/mol. The quantitative estimate of drug-likeness (QED) is 0.753. The molecule has 1 saturated heterocycles. The van der Waals surface area contributed by atoms with Gasteiger partial charge in [0.05, 0.1) is 11.7 Å². The SMILES string of the molecule is CC(=O)[C@@H]1C[C@H]2[C@H](C)CC[C@H]3[C@@H](C)[C@H](O)O[C@@H]1[C@]32O. The molecule has 4 nitrogen and oxygen atoms in total. The van der Waals surface area contributed by atoms with Crippen molar-refractivity contribution in [1.82, 2.24) is 0 Å². The Morgan fingerprint density at radius 1 is 1.26 bits per heavy atom. The fourth-order valence-electron chi connectivity index (χ4n) is 4.91. The van der Waals surface area contributed by atoms with Gasteiger partial charge < -0.3 is 14.9 Å². The molecule has 3 fully saturated rings. The van der Waals surface area contributed by atoms with E-state index in [-0.39, 0.29) is 29.5 Å². The predicted octanol–water partition coefficient (Wildman–Crippen LogP) is 1.34. The van der Waals surface area contributed by atoms with E-state index in [0.29, 0.717) is 12.3 Å². The number of hydrogen-bond donors (Lipinski definition) is 2. The van der Waals surface area contributed by atoms with E-state index in [0.717, 1.165) is 12.8 Å². The van der Waals surface area contributed by atoms with Crippen molar-refractivity contribution < 1.29 is 19.7 Å². The number of rotatable bonds is 1. The van der Waals surface area contributed by atoms with Gasteiger partial charge in [-0.3, -0.25) is 4.79 Å². The zero-order valence-corrected chi connectivity index (χ0v) is 11.9. The Balaban J connectivity index is 2.03. The van der Waals surface area contributed by atoms with Crippen molar-refractivity contribution in [2.75, 3.05) is 0 Å². The van der Waals surface area contributed by atoms with Crippen LogP contribution in [0.15, 0.2) is 0 Å². The van der Waals surface area contributed by atoms with Gasteiger partial charge >= 0.3 is 0 Å².